The Balaban J connectivity index is 2.07. The van der Waals surface area contributed by atoms with Crippen LogP contribution in [0.1, 0.15) is 19.3 Å². The van der Waals surface area contributed by atoms with Crippen molar-refractivity contribution in [2.45, 2.75) is 25.3 Å². The first-order valence-corrected chi connectivity index (χ1v) is 5.77. The van der Waals surface area contributed by atoms with Crippen LogP contribution < -0.4 is 11.1 Å². The second-order valence-corrected chi connectivity index (χ2v) is 4.33. The maximum atomic E-state index is 10.6. The van der Waals surface area contributed by atoms with Crippen LogP contribution in [0.25, 0.3) is 0 Å². The van der Waals surface area contributed by atoms with Crippen molar-refractivity contribution < 1.29 is 4.92 Å². The summed E-state index contributed by atoms with van der Waals surface area (Å²) in [6, 6.07) is 3.14. The van der Waals surface area contributed by atoms with E-state index in [2.05, 4.69) is 10.3 Å². The molecule has 1 saturated carbocycles. The summed E-state index contributed by atoms with van der Waals surface area (Å²) in [5, 5.41) is 13.9. The Morgan fingerprint density at radius 1 is 1.59 bits per heavy atom. The van der Waals surface area contributed by atoms with Crippen molar-refractivity contribution in [2.75, 3.05) is 11.9 Å². The summed E-state index contributed by atoms with van der Waals surface area (Å²) in [4.78, 5) is 14.3. The second kappa shape index (κ2) is 5.09. The molecular formula is C11H16N4O2. The molecule has 6 nitrogen and oxygen atoms in total. The summed E-state index contributed by atoms with van der Waals surface area (Å²) in [5.41, 5.74) is 5.75. The zero-order chi connectivity index (χ0) is 12.3. The summed E-state index contributed by atoms with van der Waals surface area (Å²) in [7, 11) is 0. The van der Waals surface area contributed by atoms with Gasteiger partial charge in [0, 0.05) is 18.3 Å². The first-order chi connectivity index (χ1) is 8.20. The number of hydrogen-bond donors (Lipinski definition) is 2. The van der Waals surface area contributed by atoms with Crippen molar-refractivity contribution in [3.05, 3.63) is 28.4 Å². The van der Waals surface area contributed by atoms with Crippen molar-refractivity contribution >= 4 is 11.5 Å². The number of rotatable bonds is 4. The highest BCUT2D eigenvalue weighted by atomic mass is 16.6. The molecule has 2 unspecified atom stereocenters. The largest absolute Gasteiger partial charge is 0.367 e. The molecule has 0 amide bonds. The topological polar surface area (TPSA) is 94.1 Å². The van der Waals surface area contributed by atoms with E-state index in [4.69, 9.17) is 5.73 Å². The lowest BCUT2D eigenvalue weighted by Crippen LogP contribution is -2.29. The third-order valence-electron chi connectivity index (χ3n) is 3.25. The van der Waals surface area contributed by atoms with E-state index < -0.39 is 4.92 Å². The van der Waals surface area contributed by atoms with Crippen LogP contribution >= 0.6 is 0 Å². The van der Waals surface area contributed by atoms with E-state index in [-0.39, 0.29) is 11.7 Å². The number of pyridine rings is 1. The molecule has 92 valence electrons. The number of nitrogens with two attached hydrogens (primary N) is 1. The van der Waals surface area contributed by atoms with Crippen LogP contribution in [0, 0.1) is 16.0 Å². The Kier molecular flexibility index (Phi) is 3.53. The van der Waals surface area contributed by atoms with Gasteiger partial charge in [-0.1, -0.05) is 6.42 Å². The van der Waals surface area contributed by atoms with Crippen molar-refractivity contribution in [3.8, 4) is 0 Å². The molecule has 1 fully saturated rings. The molecule has 0 radical (unpaired) electrons. The smallest absolute Gasteiger partial charge is 0.274 e. The van der Waals surface area contributed by atoms with Gasteiger partial charge in [-0.2, -0.15) is 0 Å². The maximum absolute atomic E-state index is 10.6. The van der Waals surface area contributed by atoms with Crippen molar-refractivity contribution in [1.82, 2.24) is 4.98 Å². The predicted octanol–water partition coefficient (Wildman–Crippen LogP) is 1.53. The van der Waals surface area contributed by atoms with Crippen LogP contribution in [0.5, 0.6) is 0 Å². The van der Waals surface area contributed by atoms with Crippen LogP contribution in [0.15, 0.2) is 18.3 Å². The van der Waals surface area contributed by atoms with Crippen molar-refractivity contribution in [3.63, 3.8) is 0 Å². The number of nitrogens with one attached hydrogen (secondary N) is 1. The molecule has 6 heteroatoms. The van der Waals surface area contributed by atoms with Gasteiger partial charge in [0.25, 0.3) is 5.69 Å². The number of aromatic nitrogens is 1. The lowest BCUT2D eigenvalue weighted by molar-refractivity contribution is -0.384. The van der Waals surface area contributed by atoms with E-state index in [1.54, 1.807) is 0 Å². The van der Waals surface area contributed by atoms with Crippen LogP contribution in [0.3, 0.4) is 0 Å². The fraction of sp³-hybridized carbons (Fsp3) is 0.545. The van der Waals surface area contributed by atoms with E-state index >= 15 is 0 Å². The van der Waals surface area contributed by atoms with Crippen LogP contribution in [-0.4, -0.2) is 22.5 Å². The summed E-state index contributed by atoms with van der Waals surface area (Å²) >= 11 is 0. The monoisotopic (exact) mass is 236 g/mol. The van der Waals surface area contributed by atoms with Crippen LogP contribution in [0.2, 0.25) is 0 Å². The standard InChI is InChI=1S/C11H16N4O2/c12-7-8-2-1-3-10(8)14-11-6-9(15(16)17)4-5-13-11/h4-6,8,10H,1-3,7,12H2,(H,13,14). The van der Waals surface area contributed by atoms with Crippen molar-refractivity contribution in [1.29, 1.82) is 0 Å². The molecule has 0 aliphatic heterocycles. The average Bonchev–Trinajstić information content (AvgIpc) is 2.76. The second-order valence-electron chi connectivity index (χ2n) is 4.33. The van der Waals surface area contributed by atoms with Gasteiger partial charge in [0.05, 0.1) is 11.0 Å². The molecule has 1 aliphatic carbocycles. The molecule has 17 heavy (non-hydrogen) atoms. The highest BCUT2D eigenvalue weighted by molar-refractivity contribution is 5.45. The van der Waals surface area contributed by atoms with Gasteiger partial charge in [0.2, 0.25) is 0 Å². The molecule has 2 rings (SSSR count). The van der Waals surface area contributed by atoms with Gasteiger partial charge in [-0.15, -0.1) is 0 Å². The first kappa shape index (κ1) is 11.8. The van der Waals surface area contributed by atoms with E-state index in [0.29, 0.717) is 18.3 Å². The molecule has 1 aromatic rings. The van der Waals surface area contributed by atoms with Crippen LogP contribution in [-0.2, 0) is 0 Å². The number of nitro groups is 1. The summed E-state index contributed by atoms with van der Waals surface area (Å²) in [6.45, 7) is 0.645. The molecule has 0 bridgehead atoms. The van der Waals surface area contributed by atoms with Gasteiger partial charge >= 0.3 is 0 Å². The SMILES string of the molecule is NCC1CCCC1Nc1cc([N+](=O)[O-])ccn1. The van der Waals surface area contributed by atoms with Gasteiger partial charge < -0.3 is 11.1 Å². The summed E-state index contributed by atoms with van der Waals surface area (Å²) in [6.07, 6.45) is 4.76. The fourth-order valence-electron chi connectivity index (χ4n) is 2.31. The van der Waals surface area contributed by atoms with Gasteiger partial charge in [0.1, 0.15) is 5.82 Å². The quantitative estimate of drug-likeness (QED) is 0.610. The molecular weight excluding hydrogens is 220 g/mol. The number of hydrogen-bond acceptors (Lipinski definition) is 5. The normalized spacial score (nSPS) is 23.6. The molecule has 2 atom stereocenters. The predicted molar refractivity (Wildman–Crippen MR) is 64.7 cm³/mol. The zero-order valence-electron chi connectivity index (χ0n) is 9.50. The van der Waals surface area contributed by atoms with Crippen molar-refractivity contribution in [2.24, 2.45) is 11.7 Å². The Hall–Kier alpha value is -1.69. The van der Waals surface area contributed by atoms with E-state index in [0.717, 1.165) is 19.3 Å². The van der Waals surface area contributed by atoms with Gasteiger partial charge in [0.15, 0.2) is 0 Å². The minimum absolute atomic E-state index is 0.0600. The lowest BCUT2D eigenvalue weighted by Gasteiger charge is -2.19. The van der Waals surface area contributed by atoms with Gasteiger partial charge in [-0.3, -0.25) is 10.1 Å². The number of anilines is 1. The summed E-state index contributed by atoms with van der Waals surface area (Å²) < 4.78 is 0. The highest BCUT2D eigenvalue weighted by Gasteiger charge is 2.26. The number of nitrogens with zero attached hydrogens (tertiary/aromatic N) is 2. The Labute approximate surface area is 99.4 Å². The molecule has 1 aliphatic rings. The molecule has 0 saturated heterocycles. The minimum atomic E-state index is -0.415. The Morgan fingerprint density at radius 3 is 3.12 bits per heavy atom. The molecule has 0 spiro atoms. The molecule has 1 heterocycles. The third-order valence-corrected chi connectivity index (χ3v) is 3.25. The van der Waals surface area contributed by atoms with Gasteiger partial charge in [-0.05, 0) is 25.3 Å². The minimum Gasteiger partial charge on any atom is -0.367 e. The van der Waals surface area contributed by atoms with Gasteiger partial charge in [-0.25, -0.2) is 4.98 Å². The average molecular weight is 236 g/mol. The fourth-order valence-corrected chi connectivity index (χ4v) is 2.31. The van der Waals surface area contributed by atoms with Crippen LogP contribution in [0.4, 0.5) is 11.5 Å². The van der Waals surface area contributed by atoms with E-state index in [1.807, 2.05) is 0 Å². The Bertz CT molecular complexity index is 410. The third kappa shape index (κ3) is 2.71. The molecule has 1 aromatic heterocycles. The molecule has 0 aromatic carbocycles. The lowest BCUT2D eigenvalue weighted by atomic mass is 10.0. The summed E-state index contributed by atoms with van der Waals surface area (Å²) in [5.74, 6) is 1.00. The molecule has 3 N–H and O–H groups in total. The highest BCUT2D eigenvalue weighted by Crippen LogP contribution is 2.27. The zero-order valence-corrected chi connectivity index (χ0v) is 9.50. The Morgan fingerprint density at radius 2 is 2.41 bits per heavy atom. The first-order valence-electron chi connectivity index (χ1n) is 5.77. The van der Waals surface area contributed by atoms with E-state index in [9.17, 15) is 10.1 Å². The maximum Gasteiger partial charge on any atom is 0.274 e. The van der Waals surface area contributed by atoms with E-state index in [1.165, 1.54) is 18.3 Å².